The van der Waals surface area contributed by atoms with Gasteiger partial charge in [0.2, 0.25) is 5.76 Å². The van der Waals surface area contributed by atoms with Crippen molar-refractivity contribution in [2.45, 2.75) is 13.5 Å². The van der Waals surface area contributed by atoms with Crippen LogP contribution in [0.15, 0.2) is 39.2 Å². The number of nitrogens with one attached hydrogen (secondary N) is 1. The number of hydrogen-bond donors (Lipinski definition) is 1. The molecule has 1 aromatic heterocycles. The van der Waals surface area contributed by atoms with Crippen LogP contribution >= 0.6 is 15.9 Å². The van der Waals surface area contributed by atoms with Crippen LogP contribution in [-0.2, 0) is 11.3 Å². The summed E-state index contributed by atoms with van der Waals surface area (Å²) in [6.45, 7) is 2.55. The number of nitrogens with zero attached hydrogens (tertiary/aromatic N) is 1. The lowest BCUT2D eigenvalue weighted by atomic mass is 10.2. The predicted octanol–water partition coefficient (Wildman–Crippen LogP) is 3.70. The van der Waals surface area contributed by atoms with Crippen LogP contribution in [-0.4, -0.2) is 12.6 Å². The molecule has 1 heterocycles. The number of carbonyl (C=O) groups excluding carboxylic acids is 1. The Morgan fingerprint density at radius 2 is 2.24 bits per heavy atom. The molecule has 6 heteroatoms. The zero-order valence-electron chi connectivity index (χ0n) is 11.4. The van der Waals surface area contributed by atoms with Crippen LogP contribution in [0.1, 0.15) is 28.8 Å². The van der Waals surface area contributed by atoms with E-state index in [2.05, 4.69) is 21.2 Å². The van der Waals surface area contributed by atoms with Gasteiger partial charge in [0, 0.05) is 10.2 Å². The fourth-order valence-electron chi connectivity index (χ4n) is 1.72. The lowest BCUT2D eigenvalue weighted by molar-refractivity contribution is 0.0526. The van der Waals surface area contributed by atoms with Gasteiger partial charge in [-0.05, 0) is 53.2 Å². The van der Waals surface area contributed by atoms with Crippen molar-refractivity contribution in [2.24, 2.45) is 0 Å². The molecule has 108 valence electrons. The summed E-state index contributed by atoms with van der Waals surface area (Å²) in [4.78, 5) is 11.6. The molecule has 5 nitrogen and oxygen atoms in total. The number of furan rings is 1. The topological polar surface area (TPSA) is 75.3 Å². The Bertz CT molecular complexity index is 688. The second-order valence-corrected chi connectivity index (χ2v) is 5.00. The Balaban J connectivity index is 2.04. The first-order valence-corrected chi connectivity index (χ1v) is 7.12. The number of esters is 1. The predicted molar refractivity (Wildman–Crippen MR) is 80.8 cm³/mol. The molecule has 2 aromatic rings. The van der Waals surface area contributed by atoms with Crippen molar-refractivity contribution in [2.75, 3.05) is 11.9 Å². The number of benzene rings is 1. The van der Waals surface area contributed by atoms with Crippen LogP contribution in [0.3, 0.4) is 0 Å². The quantitative estimate of drug-likeness (QED) is 0.833. The van der Waals surface area contributed by atoms with E-state index in [1.54, 1.807) is 37.3 Å². The molecule has 1 N–H and O–H groups in total. The molecule has 0 amide bonds. The van der Waals surface area contributed by atoms with Gasteiger partial charge >= 0.3 is 5.97 Å². The number of hydrogen-bond acceptors (Lipinski definition) is 5. The Morgan fingerprint density at radius 1 is 1.43 bits per heavy atom. The Morgan fingerprint density at radius 3 is 2.86 bits per heavy atom. The van der Waals surface area contributed by atoms with E-state index < -0.39 is 0 Å². The average molecular weight is 349 g/mol. The SMILES string of the molecule is CCOC(=O)c1ccc(NCc2ccc(C#N)o2)c(Br)c1. The van der Waals surface area contributed by atoms with Crippen molar-refractivity contribution in [3.05, 3.63) is 51.9 Å². The summed E-state index contributed by atoms with van der Waals surface area (Å²) < 4.78 is 11.0. The number of carbonyl (C=O) groups is 1. The largest absolute Gasteiger partial charge is 0.462 e. The number of anilines is 1. The molecular weight excluding hydrogens is 336 g/mol. The lowest BCUT2D eigenvalue weighted by Gasteiger charge is -2.09. The highest BCUT2D eigenvalue weighted by molar-refractivity contribution is 9.10. The van der Waals surface area contributed by atoms with Crippen molar-refractivity contribution in [1.82, 2.24) is 0 Å². The van der Waals surface area contributed by atoms with E-state index in [0.717, 1.165) is 10.2 Å². The summed E-state index contributed by atoms with van der Waals surface area (Å²) in [6, 6.07) is 10.5. The summed E-state index contributed by atoms with van der Waals surface area (Å²) in [6.07, 6.45) is 0. The highest BCUT2D eigenvalue weighted by Crippen LogP contribution is 2.25. The first-order valence-electron chi connectivity index (χ1n) is 6.33. The summed E-state index contributed by atoms with van der Waals surface area (Å²) in [5.74, 6) is 0.589. The number of ether oxygens (including phenoxy) is 1. The minimum Gasteiger partial charge on any atom is -0.462 e. The second kappa shape index (κ2) is 6.95. The van der Waals surface area contributed by atoms with Gasteiger partial charge in [-0.3, -0.25) is 0 Å². The van der Waals surface area contributed by atoms with Crippen molar-refractivity contribution in [1.29, 1.82) is 5.26 Å². The molecule has 0 saturated carbocycles. The highest BCUT2D eigenvalue weighted by atomic mass is 79.9. The zero-order valence-corrected chi connectivity index (χ0v) is 12.9. The van der Waals surface area contributed by atoms with Gasteiger partial charge in [0.05, 0.1) is 18.7 Å². The third-order valence-corrected chi connectivity index (χ3v) is 3.36. The van der Waals surface area contributed by atoms with E-state index in [1.165, 1.54) is 0 Å². The van der Waals surface area contributed by atoms with Crippen LogP contribution in [0.4, 0.5) is 5.69 Å². The van der Waals surface area contributed by atoms with E-state index >= 15 is 0 Å². The van der Waals surface area contributed by atoms with Crippen LogP contribution in [0.25, 0.3) is 0 Å². The van der Waals surface area contributed by atoms with Gasteiger partial charge < -0.3 is 14.5 Å². The van der Waals surface area contributed by atoms with E-state index in [0.29, 0.717) is 24.5 Å². The fourth-order valence-corrected chi connectivity index (χ4v) is 2.23. The van der Waals surface area contributed by atoms with Gasteiger partial charge in [-0.25, -0.2) is 4.79 Å². The maximum absolute atomic E-state index is 11.6. The van der Waals surface area contributed by atoms with Gasteiger partial charge in [-0.1, -0.05) is 0 Å². The van der Waals surface area contributed by atoms with E-state index in [1.807, 2.05) is 6.07 Å². The molecule has 0 spiro atoms. The summed E-state index contributed by atoms with van der Waals surface area (Å²) >= 11 is 3.41. The maximum Gasteiger partial charge on any atom is 0.338 e. The molecular formula is C15H13BrN2O3. The monoisotopic (exact) mass is 348 g/mol. The van der Waals surface area contributed by atoms with Gasteiger partial charge in [-0.15, -0.1) is 0 Å². The summed E-state index contributed by atoms with van der Waals surface area (Å²) in [5.41, 5.74) is 1.30. The van der Waals surface area contributed by atoms with Crippen LogP contribution in [0, 0.1) is 11.3 Å². The smallest absolute Gasteiger partial charge is 0.338 e. The minimum atomic E-state index is -0.352. The number of rotatable bonds is 5. The van der Waals surface area contributed by atoms with Crippen LogP contribution in [0.5, 0.6) is 0 Å². The van der Waals surface area contributed by atoms with Crippen molar-refractivity contribution < 1.29 is 13.9 Å². The van der Waals surface area contributed by atoms with Crippen molar-refractivity contribution in [3.8, 4) is 6.07 Å². The molecule has 0 atom stereocenters. The molecule has 1 aromatic carbocycles. The minimum absolute atomic E-state index is 0.281. The number of halogens is 1. The van der Waals surface area contributed by atoms with Crippen LogP contribution in [0.2, 0.25) is 0 Å². The Labute approximate surface area is 130 Å². The van der Waals surface area contributed by atoms with Gasteiger partial charge in [0.15, 0.2) is 0 Å². The second-order valence-electron chi connectivity index (χ2n) is 4.15. The Hall–Kier alpha value is -2.26. The Kier molecular flexibility index (Phi) is 5.01. The molecule has 0 radical (unpaired) electrons. The fraction of sp³-hybridized carbons (Fsp3) is 0.200. The molecule has 0 fully saturated rings. The lowest BCUT2D eigenvalue weighted by Crippen LogP contribution is -2.05. The standard InChI is InChI=1S/C15H13BrN2O3/c1-2-20-15(19)10-3-6-14(13(16)7-10)18-9-12-5-4-11(8-17)21-12/h3-7,18H,2,9H2,1H3. The highest BCUT2D eigenvalue weighted by Gasteiger charge is 2.09. The van der Waals surface area contributed by atoms with Crippen molar-refractivity contribution >= 4 is 27.6 Å². The zero-order chi connectivity index (χ0) is 15.2. The molecule has 0 bridgehead atoms. The van der Waals surface area contributed by atoms with E-state index in [9.17, 15) is 4.79 Å². The molecule has 0 aliphatic heterocycles. The molecule has 0 aliphatic rings. The molecule has 0 unspecified atom stereocenters. The summed E-state index contributed by atoms with van der Waals surface area (Å²) in [5, 5.41) is 11.9. The van der Waals surface area contributed by atoms with Crippen molar-refractivity contribution in [3.63, 3.8) is 0 Å². The third-order valence-electron chi connectivity index (χ3n) is 2.71. The van der Waals surface area contributed by atoms with Gasteiger partial charge in [0.1, 0.15) is 11.8 Å². The molecule has 21 heavy (non-hydrogen) atoms. The average Bonchev–Trinajstić information content (AvgIpc) is 2.94. The molecule has 2 rings (SSSR count). The number of nitriles is 1. The molecule has 0 aliphatic carbocycles. The van der Waals surface area contributed by atoms with Gasteiger partial charge in [0.25, 0.3) is 0 Å². The third kappa shape index (κ3) is 3.86. The maximum atomic E-state index is 11.6. The first-order chi connectivity index (χ1) is 10.1. The van der Waals surface area contributed by atoms with E-state index in [4.69, 9.17) is 14.4 Å². The first kappa shape index (κ1) is 15.1. The normalized spacial score (nSPS) is 9.95. The van der Waals surface area contributed by atoms with E-state index in [-0.39, 0.29) is 11.7 Å². The summed E-state index contributed by atoms with van der Waals surface area (Å²) in [7, 11) is 0. The molecule has 0 saturated heterocycles. The van der Waals surface area contributed by atoms with Crippen LogP contribution < -0.4 is 5.32 Å². The van der Waals surface area contributed by atoms with Gasteiger partial charge in [-0.2, -0.15) is 5.26 Å².